The lowest BCUT2D eigenvalue weighted by Crippen LogP contribution is -2.35. The van der Waals surface area contributed by atoms with Gasteiger partial charge in [0.25, 0.3) is 0 Å². The van der Waals surface area contributed by atoms with Gasteiger partial charge in [-0.15, -0.1) is 0 Å². The Balaban J connectivity index is 2.87. The van der Waals surface area contributed by atoms with Crippen LogP contribution in [-0.2, 0) is 4.79 Å². The molecule has 0 bridgehead atoms. The number of carbonyl (C=O) groups is 1. The summed E-state index contributed by atoms with van der Waals surface area (Å²) in [6.07, 6.45) is 0. The minimum absolute atomic E-state index is 0.113. The number of nitrogens with zero attached hydrogens (tertiary/aromatic N) is 1. The van der Waals surface area contributed by atoms with Gasteiger partial charge in [-0.25, -0.2) is 17.6 Å². The Bertz CT molecular complexity index is 449. The molecule has 0 aromatic heterocycles. The Hall–Kier alpha value is -1.79. The molecular formula is C12H14F4N2O. The third-order valence-corrected chi connectivity index (χ3v) is 2.64. The first kappa shape index (κ1) is 15.3. The number of nitrogens with one attached hydrogen (secondary N) is 1. The van der Waals surface area contributed by atoms with Crippen LogP contribution in [0.1, 0.15) is 13.8 Å². The van der Waals surface area contributed by atoms with E-state index < -0.39 is 41.4 Å². The lowest BCUT2D eigenvalue weighted by molar-refractivity contribution is -0.128. The van der Waals surface area contributed by atoms with E-state index in [9.17, 15) is 22.4 Å². The molecule has 1 aromatic carbocycles. The highest BCUT2D eigenvalue weighted by Gasteiger charge is 2.20. The van der Waals surface area contributed by atoms with Gasteiger partial charge in [-0.05, 0) is 13.8 Å². The number of carbonyl (C=O) groups excluding carboxylic acids is 1. The Kier molecular flexibility index (Phi) is 5.14. The summed E-state index contributed by atoms with van der Waals surface area (Å²) in [6, 6.07) is 0.113. The number of rotatable bonds is 5. The molecule has 0 saturated carbocycles. The van der Waals surface area contributed by atoms with E-state index in [1.54, 1.807) is 13.8 Å². The van der Waals surface area contributed by atoms with Crippen LogP contribution in [0.15, 0.2) is 6.07 Å². The van der Waals surface area contributed by atoms with Crippen LogP contribution >= 0.6 is 0 Å². The monoisotopic (exact) mass is 278 g/mol. The summed E-state index contributed by atoms with van der Waals surface area (Å²) >= 11 is 0. The molecule has 0 fully saturated rings. The minimum Gasteiger partial charge on any atom is -0.371 e. The molecule has 3 nitrogen and oxygen atoms in total. The quantitative estimate of drug-likeness (QED) is 0.663. The number of anilines is 1. The standard InChI is InChI=1S/C12H14F4N2O/c1-3-18(4-2)9(19)6-17-12-10(15)7(13)5-8(14)11(12)16/h5,17H,3-4,6H2,1-2H3. The van der Waals surface area contributed by atoms with Crippen LogP contribution in [0.25, 0.3) is 0 Å². The largest absolute Gasteiger partial charge is 0.371 e. The lowest BCUT2D eigenvalue weighted by Gasteiger charge is -2.19. The predicted molar refractivity (Wildman–Crippen MR) is 62.7 cm³/mol. The first-order valence-electron chi connectivity index (χ1n) is 5.76. The summed E-state index contributed by atoms with van der Waals surface area (Å²) in [7, 11) is 0. The smallest absolute Gasteiger partial charge is 0.241 e. The van der Waals surface area contributed by atoms with Crippen molar-refractivity contribution in [3.63, 3.8) is 0 Å². The molecule has 0 spiro atoms. The highest BCUT2D eigenvalue weighted by Crippen LogP contribution is 2.23. The molecule has 0 unspecified atom stereocenters. The third kappa shape index (κ3) is 3.36. The van der Waals surface area contributed by atoms with Crippen molar-refractivity contribution in [1.82, 2.24) is 4.90 Å². The summed E-state index contributed by atoms with van der Waals surface area (Å²) in [6.45, 7) is 3.90. The zero-order chi connectivity index (χ0) is 14.6. The molecule has 1 aromatic rings. The summed E-state index contributed by atoms with van der Waals surface area (Å²) in [5, 5.41) is 2.09. The van der Waals surface area contributed by atoms with Crippen LogP contribution in [0.5, 0.6) is 0 Å². The fraction of sp³-hybridized carbons (Fsp3) is 0.417. The zero-order valence-corrected chi connectivity index (χ0v) is 10.6. The first-order valence-corrected chi connectivity index (χ1v) is 5.76. The average molecular weight is 278 g/mol. The van der Waals surface area contributed by atoms with E-state index in [4.69, 9.17) is 0 Å². The molecule has 7 heteroatoms. The van der Waals surface area contributed by atoms with Crippen LogP contribution in [0.4, 0.5) is 23.2 Å². The number of benzene rings is 1. The van der Waals surface area contributed by atoms with Crippen molar-refractivity contribution in [3.8, 4) is 0 Å². The molecule has 19 heavy (non-hydrogen) atoms. The van der Waals surface area contributed by atoms with Gasteiger partial charge in [-0.1, -0.05) is 0 Å². The summed E-state index contributed by atoms with van der Waals surface area (Å²) in [4.78, 5) is 13.0. The van der Waals surface area contributed by atoms with Crippen molar-refractivity contribution in [1.29, 1.82) is 0 Å². The summed E-state index contributed by atoms with van der Waals surface area (Å²) in [5.74, 6) is -6.56. The molecule has 0 heterocycles. The van der Waals surface area contributed by atoms with Crippen LogP contribution in [0.2, 0.25) is 0 Å². The Labute approximate surface area is 108 Å². The van der Waals surface area contributed by atoms with E-state index in [-0.39, 0.29) is 6.07 Å². The molecule has 1 amide bonds. The number of hydrogen-bond acceptors (Lipinski definition) is 2. The molecule has 1 N–H and O–H groups in total. The van der Waals surface area contributed by atoms with Crippen molar-refractivity contribution in [2.45, 2.75) is 13.8 Å². The van der Waals surface area contributed by atoms with E-state index in [1.165, 1.54) is 4.90 Å². The SMILES string of the molecule is CCN(CC)C(=O)CNc1c(F)c(F)cc(F)c1F. The van der Waals surface area contributed by atoms with Gasteiger partial charge in [0.1, 0.15) is 5.69 Å². The lowest BCUT2D eigenvalue weighted by atomic mass is 10.2. The van der Waals surface area contributed by atoms with Gasteiger partial charge >= 0.3 is 0 Å². The van der Waals surface area contributed by atoms with Crippen molar-refractivity contribution in [2.24, 2.45) is 0 Å². The normalized spacial score (nSPS) is 10.4. The number of likely N-dealkylation sites (N-methyl/N-ethyl adjacent to an activating group) is 1. The molecule has 0 saturated heterocycles. The second kappa shape index (κ2) is 6.40. The fourth-order valence-corrected chi connectivity index (χ4v) is 1.58. The van der Waals surface area contributed by atoms with Crippen molar-refractivity contribution < 1.29 is 22.4 Å². The van der Waals surface area contributed by atoms with E-state index in [0.717, 1.165) is 0 Å². The van der Waals surface area contributed by atoms with Gasteiger partial charge in [-0.3, -0.25) is 4.79 Å². The molecule has 106 valence electrons. The van der Waals surface area contributed by atoms with Gasteiger partial charge in [0.05, 0.1) is 6.54 Å². The predicted octanol–water partition coefficient (Wildman–Crippen LogP) is 2.52. The molecule has 1 rings (SSSR count). The molecular weight excluding hydrogens is 264 g/mol. The first-order chi connectivity index (χ1) is 8.92. The number of hydrogen-bond donors (Lipinski definition) is 1. The highest BCUT2D eigenvalue weighted by molar-refractivity contribution is 5.80. The van der Waals surface area contributed by atoms with E-state index in [1.807, 2.05) is 0 Å². The maximum atomic E-state index is 13.3. The second-order valence-corrected chi connectivity index (χ2v) is 3.76. The minimum atomic E-state index is -1.55. The third-order valence-electron chi connectivity index (χ3n) is 2.64. The van der Waals surface area contributed by atoms with Gasteiger partial charge < -0.3 is 10.2 Å². The molecule has 0 aliphatic heterocycles. The molecule has 0 aliphatic rings. The maximum absolute atomic E-state index is 13.3. The fourth-order valence-electron chi connectivity index (χ4n) is 1.58. The van der Waals surface area contributed by atoms with Crippen molar-refractivity contribution in [3.05, 3.63) is 29.3 Å². The Morgan fingerprint density at radius 2 is 1.58 bits per heavy atom. The summed E-state index contributed by atoms with van der Waals surface area (Å²) < 4.78 is 52.4. The second-order valence-electron chi connectivity index (χ2n) is 3.76. The van der Waals surface area contributed by atoms with Crippen LogP contribution in [0, 0.1) is 23.3 Å². The Morgan fingerprint density at radius 1 is 1.11 bits per heavy atom. The number of amides is 1. The number of halogens is 4. The van der Waals surface area contributed by atoms with Gasteiger partial charge in [-0.2, -0.15) is 0 Å². The van der Waals surface area contributed by atoms with Crippen molar-refractivity contribution >= 4 is 11.6 Å². The van der Waals surface area contributed by atoms with Crippen LogP contribution < -0.4 is 5.32 Å². The van der Waals surface area contributed by atoms with Gasteiger partial charge in [0.2, 0.25) is 5.91 Å². The van der Waals surface area contributed by atoms with E-state index >= 15 is 0 Å². The average Bonchev–Trinajstić information content (AvgIpc) is 2.38. The van der Waals surface area contributed by atoms with Crippen LogP contribution in [0.3, 0.4) is 0 Å². The molecule has 0 aliphatic carbocycles. The maximum Gasteiger partial charge on any atom is 0.241 e. The Morgan fingerprint density at radius 3 is 2.00 bits per heavy atom. The molecule has 0 radical (unpaired) electrons. The van der Waals surface area contributed by atoms with Crippen LogP contribution in [-0.4, -0.2) is 30.4 Å². The van der Waals surface area contributed by atoms with Gasteiger partial charge in [0.15, 0.2) is 23.3 Å². The molecule has 0 atom stereocenters. The van der Waals surface area contributed by atoms with Gasteiger partial charge in [0, 0.05) is 19.2 Å². The van der Waals surface area contributed by atoms with E-state index in [0.29, 0.717) is 13.1 Å². The summed E-state index contributed by atoms with van der Waals surface area (Å²) in [5.41, 5.74) is -0.974. The topological polar surface area (TPSA) is 32.3 Å². The highest BCUT2D eigenvalue weighted by atomic mass is 19.2. The zero-order valence-electron chi connectivity index (χ0n) is 10.6. The van der Waals surface area contributed by atoms with Crippen molar-refractivity contribution in [2.75, 3.05) is 25.0 Å². The van der Waals surface area contributed by atoms with E-state index in [2.05, 4.69) is 5.32 Å².